The molecule has 0 saturated carbocycles. The first kappa shape index (κ1) is 18.1. The number of benzene rings is 1. The van der Waals surface area contributed by atoms with Gasteiger partial charge < -0.3 is 20.5 Å². The number of anilines is 1. The Morgan fingerprint density at radius 1 is 1.41 bits per heavy atom. The van der Waals surface area contributed by atoms with Gasteiger partial charge in [-0.05, 0) is 32.0 Å². The van der Waals surface area contributed by atoms with Gasteiger partial charge in [-0.15, -0.1) is 0 Å². The summed E-state index contributed by atoms with van der Waals surface area (Å²) in [4.78, 5) is 11.6. The molecule has 5 nitrogen and oxygen atoms in total. The molecule has 1 rings (SSSR count). The molecule has 1 amide bonds. The van der Waals surface area contributed by atoms with Gasteiger partial charge in [0.15, 0.2) is 0 Å². The number of alkyl halides is 3. The van der Waals surface area contributed by atoms with E-state index in [9.17, 15) is 23.1 Å². The van der Waals surface area contributed by atoms with E-state index in [1.54, 1.807) is 30.4 Å². The fourth-order valence-electron chi connectivity index (χ4n) is 1.75. The SMILES string of the molecule is CCOc1ccc(NC(C)C(=O)NCC(F)(F)F)cc1CO. The molecule has 0 aliphatic heterocycles. The highest BCUT2D eigenvalue weighted by Crippen LogP contribution is 2.23. The molecule has 1 atom stereocenters. The van der Waals surface area contributed by atoms with Gasteiger partial charge >= 0.3 is 6.18 Å². The molecule has 124 valence electrons. The summed E-state index contributed by atoms with van der Waals surface area (Å²) in [6.07, 6.45) is -4.45. The third-order valence-corrected chi connectivity index (χ3v) is 2.77. The lowest BCUT2D eigenvalue weighted by Crippen LogP contribution is -2.42. The molecule has 8 heteroatoms. The van der Waals surface area contributed by atoms with Gasteiger partial charge in [-0.3, -0.25) is 4.79 Å². The number of amides is 1. The summed E-state index contributed by atoms with van der Waals surface area (Å²) >= 11 is 0. The summed E-state index contributed by atoms with van der Waals surface area (Å²) in [6, 6.07) is 3.97. The van der Waals surface area contributed by atoms with Gasteiger partial charge in [-0.1, -0.05) is 0 Å². The van der Waals surface area contributed by atoms with Crippen molar-refractivity contribution >= 4 is 11.6 Å². The van der Waals surface area contributed by atoms with Crippen molar-refractivity contribution in [2.75, 3.05) is 18.5 Å². The van der Waals surface area contributed by atoms with E-state index in [0.717, 1.165) is 0 Å². The third-order valence-electron chi connectivity index (χ3n) is 2.77. The Labute approximate surface area is 126 Å². The van der Waals surface area contributed by atoms with Gasteiger partial charge in [-0.25, -0.2) is 0 Å². The Balaban J connectivity index is 2.67. The summed E-state index contributed by atoms with van der Waals surface area (Å²) in [7, 11) is 0. The monoisotopic (exact) mass is 320 g/mol. The van der Waals surface area contributed by atoms with Crippen LogP contribution in [-0.2, 0) is 11.4 Å². The number of carbonyl (C=O) groups is 1. The second kappa shape index (κ2) is 7.88. The van der Waals surface area contributed by atoms with Crippen molar-refractivity contribution in [3.05, 3.63) is 23.8 Å². The minimum atomic E-state index is -4.45. The highest BCUT2D eigenvalue weighted by molar-refractivity contribution is 5.84. The first-order valence-electron chi connectivity index (χ1n) is 6.74. The van der Waals surface area contributed by atoms with Gasteiger partial charge in [0.2, 0.25) is 5.91 Å². The van der Waals surface area contributed by atoms with Crippen LogP contribution >= 0.6 is 0 Å². The lowest BCUT2D eigenvalue weighted by molar-refractivity contribution is -0.138. The minimum Gasteiger partial charge on any atom is -0.494 e. The largest absolute Gasteiger partial charge is 0.494 e. The molecule has 3 N–H and O–H groups in total. The zero-order valence-electron chi connectivity index (χ0n) is 12.3. The van der Waals surface area contributed by atoms with Gasteiger partial charge in [0.05, 0.1) is 13.2 Å². The molecule has 1 unspecified atom stereocenters. The van der Waals surface area contributed by atoms with Crippen LogP contribution in [0.25, 0.3) is 0 Å². The van der Waals surface area contributed by atoms with E-state index in [4.69, 9.17) is 4.74 Å². The van der Waals surface area contributed by atoms with E-state index >= 15 is 0 Å². The van der Waals surface area contributed by atoms with Crippen LogP contribution in [0.1, 0.15) is 19.4 Å². The first-order valence-corrected chi connectivity index (χ1v) is 6.74. The van der Waals surface area contributed by atoms with Crippen LogP contribution in [0.4, 0.5) is 18.9 Å². The first-order chi connectivity index (χ1) is 10.3. The molecule has 22 heavy (non-hydrogen) atoms. The van der Waals surface area contributed by atoms with Crippen LogP contribution in [0, 0.1) is 0 Å². The average Bonchev–Trinajstić information content (AvgIpc) is 2.45. The van der Waals surface area contributed by atoms with Crippen LogP contribution in [0.5, 0.6) is 5.75 Å². The maximum atomic E-state index is 12.0. The number of aliphatic hydroxyl groups is 1. The molecule has 0 fully saturated rings. The van der Waals surface area contributed by atoms with Crippen LogP contribution in [0.2, 0.25) is 0 Å². The number of carbonyl (C=O) groups excluding carboxylic acids is 1. The molecule has 1 aromatic carbocycles. The maximum absolute atomic E-state index is 12.0. The predicted octanol–water partition coefficient (Wildman–Crippen LogP) is 2.06. The van der Waals surface area contributed by atoms with Crippen molar-refractivity contribution in [2.45, 2.75) is 32.7 Å². The van der Waals surface area contributed by atoms with Gasteiger partial charge in [0.25, 0.3) is 0 Å². The Morgan fingerprint density at radius 3 is 2.64 bits per heavy atom. The molecule has 1 aromatic rings. The normalized spacial score (nSPS) is 12.6. The van der Waals surface area contributed by atoms with E-state index in [0.29, 0.717) is 23.6 Å². The fraction of sp³-hybridized carbons (Fsp3) is 0.500. The molecule has 0 spiro atoms. The van der Waals surface area contributed by atoms with E-state index in [1.165, 1.54) is 6.92 Å². The summed E-state index contributed by atoms with van der Waals surface area (Å²) < 4.78 is 41.5. The van der Waals surface area contributed by atoms with Gasteiger partial charge in [0.1, 0.15) is 18.3 Å². The Morgan fingerprint density at radius 2 is 2.09 bits per heavy atom. The highest BCUT2D eigenvalue weighted by Gasteiger charge is 2.28. The predicted molar refractivity (Wildman–Crippen MR) is 75.7 cm³/mol. The number of aliphatic hydroxyl groups excluding tert-OH is 1. The van der Waals surface area contributed by atoms with Crippen molar-refractivity contribution in [1.29, 1.82) is 0 Å². The molecule has 0 aliphatic rings. The summed E-state index contributed by atoms with van der Waals surface area (Å²) in [5.41, 5.74) is 1.02. The molecule has 0 heterocycles. The number of nitrogens with one attached hydrogen (secondary N) is 2. The zero-order valence-corrected chi connectivity index (χ0v) is 12.3. The Hall–Kier alpha value is -1.96. The van der Waals surface area contributed by atoms with Crippen LogP contribution in [0.15, 0.2) is 18.2 Å². The highest BCUT2D eigenvalue weighted by atomic mass is 19.4. The quantitative estimate of drug-likeness (QED) is 0.719. The number of halogens is 3. The molecule has 0 aromatic heterocycles. The second-order valence-corrected chi connectivity index (χ2v) is 4.61. The molecule has 0 bridgehead atoms. The lowest BCUT2D eigenvalue weighted by atomic mass is 10.1. The Bertz CT molecular complexity index is 507. The van der Waals surface area contributed by atoms with E-state index in [-0.39, 0.29) is 6.61 Å². The lowest BCUT2D eigenvalue weighted by Gasteiger charge is -2.17. The van der Waals surface area contributed by atoms with Gasteiger partial charge in [-0.2, -0.15) is 13.2 Å². The number of ether oxygens (including phenoxy) is 1. The van der Waals surface area contributed by atoms with Crippen molar-refractivity contribution < 1.29 is 27.8 Å². The van der Waals surface area contributed by atoms with Crippen LogP contribution < -0.4 is 15.4 Å². The second-order valence-electron chi connectivity index (χ2n) is 4.61. The van der Waals surface area contributed by atoms with E-state index in [1.807, 2.05) is 0 Å². The summed E-state index contributed by atoms with van der Waals surface area (Å²) in [6.45, 7) is 2.07. The van der Waals surface area contributed by atoms with Gasteiger partial charge in [0, 0.05) is 11.3 Å². The molecule has 0 radical (unpaired) electrons. The summed E-state index contributed by atoms with van der Waals surface area (Å²) in [5, 5.41) is 13.9. The number of rotatable bonds is 7. The number of hydrogen-bond acceptors (Lipinski definition) is 4. The smallest absolute Gasteiger partial charge is 0.405 e. The topological polar surface area (TPSA) is 70.6 Å². The molecule has 0 aliphatic carbocycles. The molecule has 0 saturated heterocycles. The van der Waals surface area contributed by atoms with Crippen LogP contribution in [0.3, 0.4) is 0 Å². The minimum absolute atomic E-state index is 0.250. The Kier molecular flexibility index (Phi) is 6.48. The fourth-order valence-corrected chi connectivity index (χ4v) is 1.75. The van der Waals surface area contributed by atoms with Crippen LogP contribution in [-0.4, -0.2) is 36.4 Å². The standard InChI is InChI=1S/C14H19F3N2O3/c1-3-22-12-5-4-11(6-10(12)7-20)19-9(2)13(21)18-8-14(15,16)17/h4-6,9,19-20H,3,7-8H2,1-2H3,(H,18,21). The van der Waals surface area contributed by atoms with E-state index in [2.05, 4.69) is 5.32 Å². The van der Waals surface area contributed by atoms with E-state index < -0.39 is 24.7 Å². The third kappa shape index (κ3) is 5.80. The molecular formula is C14H19F3N2O3. The van der Waals surface area contributed by atoms with Crippen molar-refractivity contribution in [3.63, 3.8) is 0 Å². The van der Waals surface area contributed by atoms with Crippen molar-refractivity contribution in [3.8, 4) is 5.75 Å². The zero-order chi connectivity index (χ0) is 16.8. The average molecular weight is 320 g/mol. The van der Waals surface area contributed by atoms with Crippen molar-refractivity contribution in [1.82, 2.24) is 5.32 Å². The number of hydrogen-bond donors (Lipinski definition) is 3. The van der Waals surface area contributed by atoms with Crippen molar-refractivity contribution in [2.24, 2.45) is 0 Å². The maximum Gasteiger partial charge on any atom is 0.405 e. The molecular weight excluding hydrogens is 301 g/mol. The summed E-state index contributed by atoms with van der Waals surface area (Å²) in [5.74, 6) is -0.249.